The van der Waals surface area contributed by atoms with E-state index in [-0.39, 0.29) is 13.2 Å². The predicted molar refractivity (Wildman–Crippen MR) is 30.4 cm³/mol. The molecule has 2 unspecified atom stereocenters. The van der Waals surface area contributed by atoms with Gasteiger partial charge in [0.25, 0.3) is 0 Å². The minimum Gasteiger partial charge on any atom is -0.300 e. The molecule has 1 fully saturated rings. The van der Waals surface area contributed by atoms with E-state index in [0.717, 1.165) is 0 Å². The summed E-state index contributed by atoms with van der Waals surface area (Å²) in [6.07, 6.45) is 0. The van der Waals surface area contributed by atoms with E-state index in [1.165, 1.54) is 0 Å². The monoisotopic (exact) mass is 187 g/mol. The van der Waals surface area contributed by atoms with E-state index in [2.05, 4.69) is 13.4 Å². The van der Waals surface area contributed by atoms with Crippen LogP contribution in [0.5, 0.6) is 0 Å². The summed E-state index contributed by atoms with van der Waals surface area (Å²) in [4.78, 5) is 8.57. The van der Waals surface area contributed by atoms with Crippen LogP contribution < -0.4 is 0 Å². The molecule has 6 nitrogen and oxygen atoms in total. The van der Waals surface area contributed by atoms with Crippen molar-refractivity contribution in [2.75, 3.05) is 13.2 Å². The SMILES string of the molecule is O=[P+]1OCCOP(=O)(O)O1. The summed E-state index contributed by atoms with van der Waals surface area (Å²) >= 11 is 0. The van der Waals surface area contributed by atoms with Crippen LogP contribution in [-0.2, 0) is 22.5 Å². The zero-order chi connectivity index (χ0) is 7.61. The third kappa shape index (κ3) is 2.42. The summed E-state index contributed by atoms with van der Waals surface area (Å²) in [6.45, 7) is -0.0887. The molecule has 1 heterocycles. The van der Waals surface area contributed by atoms with Gasteiger partial charge >= 0.3 is 16.1 Å². The van der Waals surface area contributed by atoms with Crippen LogP contribution in [0.15, 0.2) is 0 Å². The maximum absolute atomic E-state index is 10.5. The van der Waals surface area contributed by atoms with E-state index in [9.17, 15) is 9.13 Å². The number of phosphoric acid groups is 1. The van der Waals surface area contributed by atoms with Crippen molar-refractivity contribution in [3.63, 3.8) is 0 Å². The van der Waals surface area contributed by atoms with Gasteiger partial charge in [0.2, 0.25) is 0 Å². The van der Waals surface area contributed by atoms with E-state index in [1.54, 1.807) is 0 Å². The van der Waals surface area contributed by atoms with Gasteiger partial charge in [0.1, 0.15) is 6.61 Å². The Balaban J connectivity index is 2.63. The van der Waals surface area contributed by atoms with Crippen molar-refractivity contribution in [3.8, 4) is 0 Å². The van der Waals surface area contributed by atoms with Gasteiger partial charge in [-0.05, 0) is 4.31 Å². The number of hydrogen-bond acceptors (Lipinski definition) is 5. The smallest absolute Gasteiger partial charge is 0.300 e. The average molecular weight is 187 g/mol. The van der Waals surface area contributed by atoms with E-state index < -0.39 is 16.1 Å². The van der Waals surface area contributed by atoms with Crippen LogP contribution in [0.25, 0.3) is 0 Å². The Bertz CT molecular complexity index is 188. The highest BCUT2D eigenvalue weighted by molar-refractivity contribution is 7.56. The number of rotatable bonds is 0. The zero-order valence-corrected chi connectivity index (χ0v) is 6.59. The molecule has 1 N–H and O–H groups in total. The Morgan fingerprint density at radius 1 is 1.50 bits per heavy atom. The lowest BCUT2D eigenvalue weighted by Crippen LogP contribution is -1.93. The number of phosphoric ester groups is 1. The van der Waals surface area contributed by atoms with Gasteiger partial charge in [0, 0.05) is 4.57 Å². The Kier molecular flexibility index (Phi) is 2.52. The van der Waals surface area contributed by atoms with Gasteiger partial charge in [0.05, 0.1) is 6.61 Å². The predicted octanol–water partition coefficient (Wildman–Crippen LogP) is 0.808. The summed E-state index contributed by atoms with van der Waals surface area (Å²) < 4.78 is 33.5. The van der Waals surface area contributed by atoms with Crippen LogP contribution in [0.3, 0.4) is 0 Å². The first kappa shape index (κ1) is 8.27. The van der Waals surface area contributed by atoms with E-state index >= 15 is 0 Å². The van der Waals surface area contributed by atoms with Crippen LogP contribution in [0.2, 0.25) is 0 Å². The van der Waals surface area contributed by atoms with Gasteiger partial charge in [-0.25, -0.2) is 4.57 Å². The minimum absolute atomic E-state index is 0.000244. The molecule has 0 bridgehead atoms. The van der Waals surface area contributed by atoms with Crippen LogP contribution in [0.1, 0.15) is 0 Å². The fraction of sp³-hybridized carbons (Fsp3) is 1.00. The highest BCUT2D eigenvalue weighted by Gasteiger charge is 2.40. The first-order valence-corrected chi connectivity index (χ1v) is 4.96. The lowest BCUT2D eigenvalue weighted by molar-refractivity contribution is 0.203. The molecule has 0 saturated carbocycles. The molecule has 0 radical (unpaired) electrons. The maximum Gasteiger partial charge on any atom is 0.708 e. The standard InChI is InChI=1S/C2H4O6P2/c3-9-6-1-2-7-10(4,5)8-9/h1-2H2/p+1. The van der Waals surface area contributed by atoms with Crippen molar-refractivity contribution in [2.24, 2.45) is 0 Å². The quantitative estimate of drug-likeness (QED) is 0.565. The van der Waals surface area contributed by atoms with Crippen LogP contribution >= 0.6 is 16.1 Å². The van der Waals surface area contributed by atoms with Crippen molar-refractivity contribution in [1.29, 1.82) is 0 Å². The maximum atomic E-state index is 10.5. The van der Waals surface area contributed by atoms with Gasteiger partial charge in [-0.2, -0.15) is 0 Å². The molecule has 1 saturated heterocycles. The Hall–Kier alpha value is 0.170. The first-order valence-electron chi connectivity index (χ1n) is 2.37. The molecule has 0 aromatic carbocycles. The molecule has 0 amide bonds. The summed E-state index contributed by atoms with van der Waals surface area (Å²) in [7, 11) is -6.59. The molecule has 0 aromatic rings. The van der Waals surface area contributed by atoms with Gasteiger partial charge in [-0.15, -0.1) is 4.52 Å². The lowest BCUT2D eigenvalue weighted by atomic mass is 10.8. The molecular formula is C2H5O6P2+. The first-order chi connectivity index (χ1) is 4.60. The molecule has 2 atom stereocenters. The summed E-state index contributed by atoms with van der Waals surface area (Å²) in [5.74, 6) is 0. The summed E-state index contributed by atoms with van der Waals surface area (Å²) in [6, 6.07) is 0. The zero-order valence-electron chi connectivity index (χ0n) is 4.80. The fourth-order valence-corrected chi connectivity index (χ4v) is 1.98. The highest BCUT2D eigenvalue weighted by atomic mass is 31.2. The Morgan fingerprint density at radius 2 is 2.20 bits per heavy atom. The minimum atomic E-state index is -4.09. The number of hydrogen-bond donors (Lipinski definition) is 1. The molecule has 1 aliphatic heterocycles. The van der Waals surface area contributed by atoms with Gasteiger partial charge in [-0.3, -0.25) is 9.42 Å². The van der Waals surface area contributed by atoms with Crippen LogP contribution in [-0.4, -0.2) is 18.1 Å². The normalized spacial score (nSPS) is 39.1. The second kappa shape index (κ2) is 3.05. The molecule has 8 heteroatoms. The van der Waals surface area contributed by atoms with Crippen molar-refractivity contribution in [1.82, 2.24) is 0 Å². The van der Waals surface area contributed by atoms with Crippen molar-refractivity contribution in [2.45, 2.75) is 0 Å². The van der Waals surface area contributed by atoms with Crippen LogP contribution in [0, 0.1) is 0 Å². The molecule has 1 aliphatic rings. The van der Waals surface area contributed by atoms with Crippen molar-refractivity contribution >= 4 is 16.1 Å². The fourth-order valence-electron chi connectivity index (χ4n) is 0.396. The molecule has 0 spiro atoms. The summed E-state index contributed by atoms with van der Waals surface area (Å²) in [5, 5.41) is 0. The van der Waals surface area contributed by atoms with Gasteiger partial charge in [-0.1, -0.05) is 0 Å². The third-order valence-corrected chi connectivity index (χ3v) is 2.97. The Labute approximate surface area is 57.7 Å². The lowest BCUT2D eigenvalue weighted by Gasteiger charge is -1.97. The highest BCUT2D eigenvalue weighted by Crippen LogP contribution is 2.53. The molecule has 0 aliphatic carbocycles. The van der Waals surface area contributed by atoms with Gasteiger partial charge in [0.15, 0.2) is 0 Å². The van der Waals surface area contributed by atoms with Crippen molar-refractivity contribution in [3.05, 3.63) is 0 Å². The van der Waals surface area contributed by atoms with Gasteiger partial charge < -0.3 is 0 Å². The van der Waals surface area contributed by atoms with Crippen LogP contribution in [0.4, 0.5) is 0 Å². The average Bonchev–Trinajstić information content (AvgIpc) is 1.90. The molecular weight excluding hydrogens is 182 g/mol. The van der Waals surface area contributed by atoms with E-state index in [0.29, 0.717) is 0 Å². The molecule has 1 rings (SSSR count). The molecule has 0 aromatic heterocycles. The summed E-state index contributed by atoms with van der Waals surface area (Å²) in [5.41, 5.74) is 0. The third-order valence-electron chi connectivity index (χ3n) is 0.704. The van der Waals surface area contributed by atoms with Crippen molar-refractivity contribution < 1.29 is 27.4 Å². The van der Waals surface area contributed by atoms with E-state index in [4.69, 9.17) is 4.89 Å². The van der Waals surface area contributed by atoms with E-state index in [1.807, 2.05) is 0 Å². The topological polar surface area (TPSA) is 82.1 Å². The second-order valence-electron chi connectivity index (χ2n) is 1.44. The molecule has 58 valence electrons. The Morgan fingerprint density at radius 3 is 2.90 bits per heavy atom. The largest absolute Gasteiger partial charge is 0.708 e. The second-order valence-corrected chi connectivity index (χ2v) is 3.99. The molecule has 10 heavy (non-hydrogen) atoms.